The summed E-state index contributed by atoms with van der Waals surface area (Å²) < 4.78 is 33.6. The van der Waals surface area contributed by atoms with E-state index in [4.69, 9.17) is 16.3 Å². The molecule has 0 N–H and O–H groups in total. The van der Waals surface area contributed by atoms with Crippen molar-refractivity contribution in [3.05, 3.63) is 106 Å². The summed E-state index contributed by atoms with van der Waals surface area (Å²) >= 11 is 6.08. The second kappa shape index (κ2) is 11.1. The van der Waals surface area contributed by atoms with E-state index in [9.17, 15) is 13.6 Å². The Labute approximate surface area is 203 Å². The highest BCUT2D eigenvalue weighted by Gasteiger charge is 2.26. The third-order valence-electron chi connectivity index (χ3n) is 6.02. The van der Waals surface area contributed by atoms with E-state index in [0.717, 1.165) is 23.3 Å². The Hall–Kier alpha value is -2.80. The number of hydrogen-bond donors (Lipinski definition) is 0. The average molecular weight is 485 g/mol. The molecule has 3 aromatic rings. The van der Waals surface area contributed by atoms with Gasteiger partial charge in [-0.3, -0.25) is 9.69 Å². The first kappa shape index (κ1) is 24.3. The molecule has 0 aliphatic carbocycles. The molecule has 0 radical (unpaired) electrons. The topological polar surface area (TPSA) is 32.8 Å². The van der Waals surface area contributed by atoms with Crippen molar-refractivity contribution in [2.45, 2.75) is 19.6 Å². The van der Waals surface area contributed by atoms with Gasteiger partial charge >= 0.3 is 0 Å². The lowest BCUT2D eigenvalue weighted by atomic mass is 10.1. The lowest BCUT2D eigenvalue weighted by Gasteiger charge is -2.36. The zero-order valence-electron chi connectivity index (χ0n) is 19.0. The van der Waals surface area contributed by atoms with Gasteiger partial charge in [0.05, 0.1) is 18.3 Å². The molecule has 3 aromatic carbocycles. The molecule has 1 unspecified atom stereocenters. The van der Waals surface area contributed by atoms with Crippen LogP contribution in [0.1, 0.15) is 33.2 Å². The van der Waals surface area contributed by atoms with Crippen LogP contribution < -0.4 is 0 Å². The molecule has 1 aliphatic heterocycles. The van der Waals surface area contributed by atoms with Gasteiger partial charge in [0.15, 0.2) is 0 Å². The van der Waals surface area contributed by atoms with Crippen LogP contribution in [0.15, 0.2) is 66.7 Å². The molecule has 0 bridgehead atoms. The highest BCUT2D eigenvalue weighted by Crippen LogP contribution is 2.24. The van der Waals surface area contributed by atoms with E-state index < -0.39 is 17.5 Å². The lowest BCUT2D eigenvalue weighted by molar-refractivity contribution is 0.00337. The molecule has 0 spiro atoms. The molecule has 34 heavy (non-hydrogen) atoms. The summed E-state index contributed by atoms with van der Waals surface area (Å²) in [6.45, 7) is 5.37. The minimum absolute atomic E-state index is 0.102. The maximum Gasteiger partial charge on any atom is 0.256 e. The predicted molar refractivity (Wildman–Crippen MR) is 129 cm³/mol. The van der Waals surface area contributed by atoms with E-state index >= 15 is 0 Å². The highest BCUT2D eigenvalue weighted by atomic mass is 35.5. The Bertz CT molecular complexity index is 1130. The molecule has 4 nitrogen and oxygen atoms in total. The van der Waals surface area contributed by atoms with E-state index in [-0.39, 0.29) is 11.7 Å². The first-order valence-electron chi connectivity index (χ1n) is 11.3. The normalized spacial score (nSPS) is 15.4. The van der Waals surface area contributed by atoms with Crippen LogP contribution in [0.4, 0.5) is 8.78 Å². The molecule has 1 atom stereocenters. The number of carbonyl (C=O) groups is 1. The summed E-state index contributed by atoms with van der Waals surface area (Å²) in [5.41, 5.74) is 3.22. The van der Waals surface area contributed by atoms with Crippen LogP contribution in [0, 0.1) is 18.6 Å². The quantitative estimate of drug-likeness (QED) is 0.435. The fourth-order valence-electron chi connectivity index (χ4n) is 4.13. The van der Waals surface area contributed by atoms with Crippen molar-refractivity contribution in [3.63, 3.8) is 0 Å². The Morgan fingerprint density at radius 3 is 2.41 bits per heavy atom. The largest absolute Gasteiger partial charge is 0.368 e. The Morgan fingerprint density at radius 2 is 1.74 bits per heavy atom. The molecular weight excluding hydrogens is 458 g/mol. The number of nitrogens with zero attached hydrogens (tertiary/aromatic N) is 2. The summed E-state index contributed by atoms with van der Waals surface area (Å²) in [5.74, 6) is -1.94. The first-order chi connectivity index (χ1) is 16.4. The molecule has 1 heterocycles. The van der Waals surface area contributed by atoms with Gasteiger partial charge in [-0.2, -0.15) is 0 Å². The van der Waals surface area contributed by atoms with Gasteiger partial charge in [-0.25, -0.2) is 8.78 Å². The van der Waals surface area contributed by atoms with E-state index in [2.05, 4.69) is 24.0 Å². The predicted octanol–water partition coefficient (Wildman–Crippen LogP) is 5.64. The SMILES string of the molecule is Cc1cccc(COC(CN2CCN(C(=O)c3ccc(F)cc3F)CC2)c2ccc(Cl)cc2)c1. The molecule has 1 aliphatic rings. The summed E-state index contributed by atoms with van der Waals surface area (Å²) in [6.07, 6.45) is -0.172. The van der Waals surface area contributed by atoms with Gasteiger partial charge in [-0.1, -0.05) is 53.6 Å². The van der Waals surface area contributed by atoms with Crippen molar-refractivity contribution in [2.24, 2.45) is 0 Å². The lowest BCUT2D eigenvalue weighted by Crippen LogP contribution is -2.49. The summed E-state index contributed by atoms with van der Waals surface area (Å²) in [6, 6.07) is 18.9. The number of hydrogen-bond acceptors (Lipinski definition) is 3. The minimum atomic E-state index is -0.834. The number of aryl methyl sites for hydroxylation is 1. The molecule has 178 valence electrons. The number of carbonyl (C=O) groups excluding carboxylic acids is 1. The van der Waals surface area contributed by atoms with Crippen LogP contribution in [0.25, 0.3) is 0 Å². The Balaban J connectivity index is 1.39. The number of rotatable bonds is 7. The zero-order chi connectivity index (χ0) is 24.1. The van der Waals surface area contributed by atoms with Crippen LogP contribution in [-0.4, -0.2) is 48.4 Å². The van der Waals surface area contributed by atoms with Crippen LogP contribution in [0.5, 0.6) is 0 Å². The molecule has 1 fully saturated rings. The number of halogens is 3. The molecule has 0 aromatic heterocycles. The molecular formula is C27H27ClF2N2O2. The molecule has 1 amide bonds. The van der Waals surface area contributed by atoms with Crippen LogP contribution in [0.3, 0.4) is 0 Å². The third kappa shape index (κ3) is 6.20. The molecule has 0 saturated carbocycles. The Kier molecular flexibility index (Phi) is 7.93. The Morgan fingerprint density at radius 1 is 1.00 bits per heavy atom. The van der Waals surface area contributed by atoms with Crippen molar-refractivity contribution in [1.29, 1.82) is 0 Å². The summed E-state index contributed by atoms with van der Waals surface area (Å²) in [4.78, 5) is 16.6. The van der Waals surface area contributed by atoms with Crippen molar-refractivity contribution in [3.8, 4) is 0 Å². The maximum atomic E-state index is 14.0. The van der Waals surface area contributed by atoms with E-state index in [0.29, 0.717) is 44.4 Å². The monoisotopic (exact) mass is 484 g/mol. The van der Waals surface area contributed by atoms with E-state index in [1.54, 1.807) is 4.90 Å². The fourth-order valence-corrected chi connectivity index (χ4v) is 4.26. The smallest absolute Gasteiger partial charge is 0.256 e. The van der Waals surface area contributed by atoms with Gasteiger partial charge in [-0.15, -0.1) is 0 Å². The highest BCUT2D eigenvalue weighted by molar-refractivity contribution is 6.30. The third-order valence-corrected chi connectivity index (χ3v) is 6.27. The average Bonchev–Trinajstić information content (AvgIpc) is 2.82. The number of amides is 1. The minimum Gasteiger partial charge on any atom is -0.368 e. The number of ether oxygens (including phenoxy) is 1. The fraction of sp³-hybridized carbons (Fsp3) is 0.296. The van der Waals surface area contributed by atoms with Gasteiger partial charge in [0.1, 0.15) is 11.6 Å². The van der Waals surface area contributed by atoms with Gasteiger partial charge in [0.25, 0.3) is 5.91 Å². The van der Waals surface area contributed by atoms with Crippen LogP contribution in [-0.2, 0) is 11.3 Å². The summed E-state index contributed by atoms with van der Waals surface area (Å²) in [5, 5.41) is 0.668. The molecule has 7 heteroatoms. The first-order valence-corrected chi connectivity index (χ1v) is 11.7. The number of benzene rings is 3. The van der Waals surface area contributed by atoms with Crippen molar-refractivity contribution >= 4 is 17.5 Å². The zero-order valence-corrected chi connectivity index (χ0v) is 19.8. The number of piperazine rings is 1. The van der Waals surface area contributed by atoms with Gasteiger partial charge in [-0.05, 0) is 42.3 Å². The van der Waals surface area contributed by atoms with Gasteiger partial charge < -0.3 is 9.64 Å². The summed E-state index contributed by atoms with van der Waals surface area (Å²) in [7, 11) is 0. The van der Waals surface area contributed by atoms with Gasteiger partial charge in [0, 0.05) is 43.8 Å². The van der Waals surface area contributed by atoms with E-state index in [1.165, 1.54) is 11.6 Å². The standard InChI is InChI=1S/C27H27ClF2N2O2/c1-19-3-2-4-20(15-19)18-34-26(21-5-7-22(28)8-6-21)17-31-11-13-32(14-12-31)27(33)24-10-9-23(29)16-25(24)30/h2-10,15-16,26H,11-14,17-18H2,1H3. The van der Waals surface area contributed by atoms with E-state index in [1.807, 2.05) is 36.4 Å². The van der Waals surface area contributed by atoms with Crippen molar-refractivity contribution in [2.75, 3.05) is 32.7 Å². The van der Waals surface area contributed by atoms with Crippen molar-refractivity contribution in [1.82, 2.24) is 9.80 Å². The molecule has 1 saturated heterocycles. The van der Waals surface area contributed by atoms with Crippen molar-refractivity contribution < 1.29 is 18.3 Å². The van der Waals surface area contributed by atoms with Crippen LogP contribution in [0.2, 0.25) is 5.02 Å². The van der Waals surface area contributed by atoms with Crippen LogP contribution >= 0.6 is 11.6 Å². The maximum absolute atomic E-state index is 14.0. The second-order valence-electron chi connectivity index (χ2n) is 8.56. The van der Waals surface area contributed by atoms with Gasteiger partial charge in [0.2, 0.25) is 0 Å². The second-order valence-corrected chi connectivity index (χ2v) is 8.99. The molecule has 4 rings (SSSR count).